The van der Waals surface area contributed by atoms with E-state index in [0.29, 0.717) is 25.9 Å². The lowest BCUT2D eigenvalue weighted by atomic mass is 9.87. The van der Waals surface area contributed by atoms with Gasteiger partial charge in [-0.05, 0) is 61.6 Å². The molecular formula is C24H28N2O4S. The van der Waals surface area contributed by atoms with Gasteiger partial charge in [-0.25, -0.2) is 0 Å². The van der Waals surface area contributed by atoms with E-state index in [0.717, 1.165) is 29.7 Å². The largest absolute Gasteiger partial charge is 0.452 e. The minimum absolute atomic E-state index is 0.0160. The maximum atomic E-state index is 12.7. The fraction of sp³-hybridized carbons (Fsp3) is 0.458. The molecule has 7 heteroatoms. The van der Waals surface area contributed by atoms with Crippen LogP contribution >= 0.6 is 11.3 Å². The van der Waals surface area contributed by atoms with Gasteiger partial charge >= 0.3 is 5.97 Å². The van der Waals surface area contributed by atoms with Crippen molar-refractivity contribution in [2.75, 3.05) is 13.1 Å². The lowest BCUT2D eigenvalue weighted by Crippen LogP contribution is -2.43. The number of fused-ring (bicyclic) bond motifs is 1. The van der Waals surface area contributed by atoms with Crippen LogP contribution in [0.15, 0.2) is 41.8 Å². The van der Waals surface area contributed by atoms with Crippen molar-refractivity contribution in [1.29, 1.82) is 0 Å². The second-order valence-corrected chi connectivity index (χ2v) is 9.22. The standard InChI is InChI=1S/C24H28N2O4S/c1-16(22(27)25-20-9-4-7-17-6-2-3-8-19(17)20)30-24(29)18-11-13-26(14-12-18)23(28)21-10-5-15-31-21/h2-3,5-6,8,10,15-16,18,20H,4,7,9,11-14H2,1H3,(H,25,27)/t16-,20+/m1/s1. The third-order valence-corrected chi connectivity index (χ3v) is 7.05. The van der Waals surface area contributed by atoms with Gasteiger partial charge < -0.3 is 15.0 Å². The number of carbonyl (C=O) groups is 3. The minimum atomic E-state index is -0.840. The van der Waals surface area contributed by atoms with Crippen molar-refractivity contribution >= 4 is 29.1 Å². The molecule has 1 aliphatic carbocycles. The molecule has 1 aromatic carbocycles. The summed E-state index contributed by atoms with van der Waals surface area (Å²) in [5, 5.41) is 4.94. The number of hydrogen-bond acceptors (Lipinski definition) is 5. The van der Waals surface area contributed by atoms with Crippen molar-refractivity contribution in [3.63, 3.8) is 0 Å². The van der Waals surface area contributed by atoms with Crippen LogP contribution in [0.3, 0.4) is 0 Å². The molecular weight excluding hydrogens is 412 g/mol. The number of amides is 2. The maximum Gasteiger partial charge on any atom is 0.309 e. The number of rotatable bonds is 5. The number of ether oxygens (including phenoxy) is 1. The molecule has 1 aliphatic heterocycles. The molecule has 31 heavy (non-hydrogen) atoms. The van der Waals surface area contributed by atoms with Crippen molar-refractivity contribution < 1.29 is 19.1 Å². The minimum Gasteiger partial charge on any atom is -0.452 e. The highest BCUT2D eigenvalue weighted by atomic mass is 32.1. The Kier molecular flexibility index (Phi) is 6.70. The Hall–Kier alpha value is -2.67. The third-order valence-electron chi connectivity index (χ3n) is 6.20. The zero-order chi connectivity index (χ0) is 21.8. The smallest absolute Gasteiger partial charge is 0.309 e. The van der Waals surface area contributed by atoms with Crippen LogP contribution < -0.4 is 5.32 Å². The van der Waals surface area contributed by atoms with E-state index < -0.39 is 6.10 Å². The molecule has 2 aromatic rings. The number of hydrogen-bond donors (Lipinski definition) is 1. The van der Waals surface area contributed by atoms with Crippen LogP contribution in [0.1, 0.15) is 59.4 Å². The number of piperidine rings is 1. The highest BCUT2D eigenvalue weighted by Gasteiger charge is 2.32. The Morgan fingerprint density at radius 1 is 1.10 bits per heavy atom. The van der Waals surface area contributed by atoms with Gasteiger partial charge in [0.05, 0.1) is 16.8 Å². The van der Waals surface area contributed by atoms with Crippen LogP contribution in [0.25, 0.3) is 0 Å². The van der Waals surface area contributed by atoms with E-state index in [9.17, 15) is 14.4 Å². The molecule has 4 rings (SSSR count). The summed E-state index contributed by atoms with van der Waals surface area (Å²) in [6.07, 6.45) is 3.22. The number of benzene rings is 1. The first-order chi connectivity index (χ1) is 15.0. The van der Waals surface area contributed by atoms with E-state index >= 15 is 0 Å². The molecule has 1 aromatic heterocycles. The predicted octanol–water partition coefficient (Wildman–Crippen LogP) is 3.73. The first kappa shape index (κ1) is 21.6. The molecule has 0 radical (unpaired) electrons. The highest BCUT2D eigenvalue weighted by molar-refractivity contribution is 7.12. The lowest BCUT2D eigenvalue weighted by molar-refractivity contribution is -0.160. The summed E-state index contributed by atoms with van der Waals surface area (Å²) in [6, 6.07) is 11.8. The average molecular weight is 441 g/mol. The van der Waals surface area contributed by atoms with Gasteiger partial charge in [-0.15, -0.1) is 11.3 Å². The number of aryl methyl sites for hydroxylation is 1. The van der Waals surface area contributed by atoms with Crippen LogP contribution in [0.4, 0.5) is 0 Å². The Morgan fingerprint density at radius 3 is 2.61 bits per heavy atom. The molecule has 0 unspecified atom stereocenters. The van der Waals surface area contributed by atoms with Crippen molar-refractivity contribution in [3.8, 4) is 0 Å². The number of nitrogens with zero attached hydrogens (tertiary/aromatic N) is 1. The number of carbonyl (C=O) groups excluding carboxylic acids is 3. The Labute approximate surface area is 186 Å². The average Bonchev–Trinajstić information content (AvgIpc) is 3.34. The van der Waals surface area contributed by atoms with E-state index in [1.54, 1.807) is 11.8 Å². The van der Waals surface area contributed by atoms with Gasteiger partial charge in [0.2, 0.25) is 0 Å². The summed E-state index contributed by atoms with van der Waals surface area (Å²) in [5.41, 5.74) is 2.43. The third kappa shape index (κ3) is 4.98. The molecule has 2 atom stereocenters. The summed E-state index contributed by atoms with van der Waals surface area (Å²) in [4.78, 5) is 40.2. The van der Waals surface area contributed by atoms with Gasteiger partial charge in [0.15, 0.2) is 6.10 Å². The molecule has 2 heterocycles. The topological polar surface area (TPSA) is 75.7 Å². The zero-order valence-corrected chi connectivity index (χ0v) is 18.5. The van der Waals surface area contributed by atoms with Crippen LogP contribution in [0.2, 0.25) is 0 Å². The van der Waals surface area contributed by atoms with E-state index in [1.807, 2.05) is 29.6 Å². The number of likely N-dealkylation sites (tertiary alicyclic amines) is 1. The lowest BCUT2D eigenvalue weighted by Gasteiger charge is -2.31. The van der Waals surface area contributed by atoms with E-state index in [-0.39, 0.29) is 29.7 Å². The second kappa shape index (κ2) is 9.64. The van der Waals surface area contributed by atoms with E-state index in [4.69, 9.17) is 4.74 Å². The monoisotopic (exact) mass is 440 g/mol. The molecule has 164 valence electrons. The summed E-state index contributed by atoms with van der Waals surface area (Å²) < 4.78 is 5.50. The summed E-state index contributed by atoms with van der Waals surface area (Å²) in [7, 11) is 0. The maximum absolute atomic E-state index is 12.7. The first-order valence-electron chi connectivity index (χ1n) is 10.9. The van der Waals surface area contributed by atoms with E-state index in [1.165, 1.54) is 16.9 Å². The SMILES string of the molecule is C[C@@H](OC(=O)C1CCN(C(=O)c2cccs2)CC1)C(=O)N[C@H]1CCCc2ccccc21. The van der Waals surface area contributed by atoms with Gasteiger partial charge in [0.1, 0.15) is 0 Å². The normalized spacial score (nSPS) is 19.9. The van der Waals surface area contributed by atoms with Crippen molar-refractivity contribution in [2.24, 2.45) is 5.92 Å². The molecule has 0 spiro atoms. The molecule has 1 N–H and O–H groups in total. The highest BCUT2D eigenvalue weighted by Crippen LogP contribution is 2.29. The fourth-order valence-corrected chi connectivity index (χ4v) is 5.08. The zero-order valence-electron chi connectivity index (χ0n) is 17.7. The van der Waals surface area contributed by atoms with E-state index in [2.05, 4.69) is 17.4 Å². The van der Waals surface area contributed by atoms with Gasteiger partial charge in [0, 0.05) is 13.1 Å². The number of esters is 1. The summed E-state index contributed by atoms with van der Waals surface area (Å²) >= 11 is 1.43. The Morgan fingerprint density at radius 2 is 1.87 bits per heavy atom. The van der Waals surface area contributed by atoms with Gasteiger partial charge in [-0.2, -0.15) is 0 Å². The Balaban J connectivity index is 1.26. The molecule has 0 saturated carbocycles. The first-order valence-corrected chi connectivity index (χ1v) is 11.8. The van der Waals surface area contributed by atoms with Gasteiger partial charge in [-0.1, -0.05) is 30.3 Å². The van der Waals surface area contributed by atoms with Crippen LogP contribution in [0, 0.1) is 5.92 Å². The number of thiophene rings is 1. The molecule has 2 aliphatic rings. The van der Waals surface area contributed by atoms with Crippen molar-refractivity contribution in [2.45, 2.75) is 51.2 Å². The van der Waals surface area contributed by atoms with Crippen molar-refractivity contribution in [1.82, 2.24) is 10.2 Å². The predicted molar refractivity (Wildman–Crippen MR) is 119 cm³/mol. The van der Waals surface area contributed by atoms with Crippen molar-refractivity contribution in [3.05, 3.63) is 57.8 Å². The van der Waals surface area contributed by atoms with Gasteiger partial charge in [-0.3, -0.25) is 14.4 Å². The van der Waals surface area contributed by atoms with Crippen LogP contribution in [0.5, 0.6) is 0 Å². The molecule has 6 nitrogen and oxygen atoms in total. The second-order valence-electron chi connectivity index (χ2n) is 8.28. The Bertz CT molecular complexity index is 935. The van der Waals surface area contributed by atoms with Crippen LogP contribution in [-0.2, 0) is 20.7 Å². The molecule has 1 saturated heterocycles. The van der Waals surface area contributed by atoms with Gasteiger partial charge in [0.25, 0.3) is 11.8 Å². The molecule has 1 fully saturated rings. The molecule has 0 bridgehead atoms. The summed E-state index contributed by atoms with van der Waals surface area (Å²) in [6.45, 7) is 2.67. The fourth-order valence-electron chi connectivity index (χ4n) is 4.39. The number of nitrogens with one attached hydrogen (secondary N) is 1. The quantitative estimate of drug-likeness (QED) is 0.719. The summed E-state index contributed by atoms with van der Waals surface area (Å²) in [5.74, 6) is -0.879. The van der Waals surface area contributed by atoms with Crippen LogP contribution in [-0.4, -0.2) is 41.9 Å². The molecule has 2 amide bonds.